The van der Waals surface area contributed by atoms with Crippen LogP contribution in [0.1, 0.15) is 11.6 Å². The Morgan fingerprint density at radius 3 is 2.70 bits per heavy atom. The van der Waals surface area contributed by atoms with E-state index < -0.39 is 24.0 Å². The number of rotatable bonds is 9. The average Bonchev–Trinajstić information content (AvgIpc) is 2.65. The minimum Gasteiger partial charge on any atom is -0.493 e. The Hall–Kier alpha value is -3.00. The summed E-state index contributed by atoms with van der Waals surface area (Å²) < 4.78 is 21.0. The van der Waals surface area contributed by atoms with Crippen LogP contribution in [-0.4, -0.2) is 46.0 Å². The van der Waals surface area contributed by atoms with Crippen molar-refractivity contribution in [3.05, 3.63) is 48.7 Å². The van der Waals surface area contributed by atoms with Gasteiger partial charge in [-0.3, -0.25) is 4.79 Å². The Kier molecular flexibility index (Phi) is 7.25. The number of carbonyl (C=O) groups is 2. The molecule has 0 bridgehead atoms. The minimum absolute atomic E-state index is 0.109. The van der Waals surface area contributed by atoms with Crippen LogP contribution < -0.4 is 20.1 Å². The SMILES string of the molecule is C=CCOc1ccc([C@@H]2NC(=O)NC(=C)[C@H]2C(=O)OCCOC)cc1OC. The van der Waals surface area contributed by atoms with Crippen LogP contribution in [0.4, 0.5) is 4.79 Å². The summed E-state index contributed by atoms with van der Waals surface area (Å²) in [6, 6.07) is 4.06. The molecule has 1 aromatic carbocycles. The van der Waals surface area contributed by atoms with Crippen molar-refractivity contribution in [2.75, 3.05) is 34.0 Å². The first kappa shape index (κ1) is 20.3. The second-order valence-electron chi connectivity index (χ2n) is 5.75. The van der Waals surface area contributed by atoms with Gasteiger partial charge in [-0.05, 0) is 17.7 Å². The monoisotopic (exact) mass is 376 g/mol. The molecule has 0 radical (unpaired) electrons. The number of esters is 1. The van der Waals surface area contributed by atoms with Crippen LogP contribution in [0.5, 0.6) is 11.5 Å². The highest BCUT2D eigenvalue weighted by molar-refractivity contribution is 5.85. The van der Waals surface area contributed by atoms with Crippen LogP contribution in [-0.2, 0) is 14.3 Å². The molecule has 0 aliphatic carbocycles. The van der Waals surface area contributed by atoms with E-state index in [1.165, 1.54) is 14.2 Å². The molecule has 1 aliphatic heterocycles. The van der Waals surface area contributed by atoms with Gasteiger partial charge in [-0.15, -0.1) is 0 Å². The molecule has 1 fully saturated rings. The van der Waals surface area contributed by atoms with Gasteiger partial charge in [0.15, 0.2) is 11.5 Å². The molecule has 1 heterocycles. The molecule has 2 N–H and O–H groups in total. The first-order valence-electron chi connectivity index (χ1n) is 8.35. The van der Waals surface area contributed by atoms with Crippen molar-refractivity contribution in [3.8, 4) is 11.5 Å². The fourth-order valence-corrected chi connectivity index (χ4v) is 2.70. The lowest BCUT2D eigenvalue weighted by Gasteiger charge is -2.33. The highest BCUT2D eigenvalue weighted by Gasteiger charge is 2.39. The van der Waals surface area contributed by atoms with E-state index >= 15 is 0 Å². The molecule has 2 atom stereocenters. The molecule has 0 saturated carbocycles. The lowest BCUT2D eigenvalue weighted by atomic mass is 9.89. The summed E-state index contributed by atoms with van der Waals surface area (Å²) >= 11 is 0. The predicted molar refractivity (Wildman–Crippen MR) is 98.6 cm³/mol. The number of benzene rings is 1. The molecule has 8 heteroatoms. The van der Waals surface area contributed by atoms with Crippen LogP contribution in [0, 0.1) is 5.92 Å². The van der Waals surface area contributed by atoms with E-state index in [0.717, 1.165) is 0 Å². The van der Waals surface area contributed by atoms with Crippen LogP contribution in [0.3, 0.4) is 0 Å². The van der Waals surface area contributed by atoms with Gasteiger partial charge >= 0.3 is 12.0 Å². The maximum Gasteiger partial charge on any atom is 0.319 e. The smallest absolute Gasteiger partial charge is 0.319 e. The van der Waals surface area contributed by atoms with E-state index in [1.807, 2.05) is 0 Å². The van der Waals surface area contributed by atoms with E-state index in [9.17, 15) is 9.59 Å². The van der Waals surface area contributed by atoms with Crippen LogP contribution in [0.25, 0.3) is 0 Å². The van der Waals surface area contributed by atoms with Gasteiger partial charge in [0.05, 0.1) is 19.8 Å². The summed E-state index contributed by atoms with van der Waals surface area (Å²) in [5.41, 5.74) is 0.916. The van der Waals surface area contributed by atoms with Gasteiger partial charge in [-0.1, -0.05) is 25.3 Å². The molecule has 146 valence electrons. The van der Waals surface area contributed by atoms with Gasteiger partial charge in [0.25, 0.3) is 0 Å². The van der Waals surface area contributed by atoms with E-state index in [4.69, 9.17) is 18.9 Å². The maximum absolute atomic E-state index is 12.5. The molecular weight excluding hydrogens is 352 g/mol. The second kappa shape index (κ2) is 9.63. The maximum atomic E-state index is 12.5. The van der Waals surface area contributed by atoms with Crippen molar-refractivity contribution in [1.29, 1.82) is 0 Å². The number of nitrogens with one attached hydrogen (secondary N) is 2. The Balaban J connectivity index is 2.30. The van der Waals surface area contributed by atoms with Gasteiger partial charge in [-0.2, -0.15) is 0 Å². The summed E-state index contributed by atoms with van der Waals surface area (Å²) in [5.74, 6) is -0.316. The van der Waals surface area contributed by atoms with Crippen molar-refractivity contribution in [1.82, 2.24) is 10.6 Å². The topological polar surface area (TPSA) is 95.1 Å². The number of amides is 2. The lowest BCUT2D eigenvalue weighted by molar-refractivity contribution is -0.149. The Morgan fingerprint density at radius 2 is 2.04 bits per heavy atom. The van der Waals surface area contributed by atoms with Gasteiger partial charge < -0.3 is 29.6 Å². The molecule has 8 nitrogen and oxygen atoms in total. The van der Waals surface area contributed by atoms with E-state index in [-0.39, 0.29) is 18.9 Å². The first-order valence-corrected chi connectivity index (χ1v) is 8.35. The quantitative estimate of drug-likeness (QED) is 0.389. The Morgan fingerprint density at radius 1 is 1.26 bits per heavy atom. The lowest BCUT2D eigenvalue weighted by Crippen LogP contribution is -2.51. The summed E-state index contributed by atoms with van der Waals surface area (Å²) in [6.07, 6.45) is 1.62. The highest BCUT2D eigenvalue weighted by Crippen LogP contribution is 2.35. The summed E-state index contributed by atoms with van der Waals surface area (Å²) in [4.78, 5) is 24.5. The highest BCUT2D eigenvalue weighted by atomic mass is 16.6. The normalized spacial score (nSPS) is 18.9. The molecule has 2 amide bonds. The van der Waals surface area contributed by atoms with Crippen molar-refractivity contribution >= 4 is 12.0 Å². The van der Waals surface area contributed by atoms with Crippen LogP contribution in [0.2, 0.25) is 0 Å². The van der Waals surface area contributed by atoms with Gasteiger partial charge in [0.2, 0.25) is 0 Å². The Labute approximate surface area is 158 Å². The van der Waals surface area contributed by atoms with Gasteiger partial charge in [0, 0.05) is 12.8 Å². The van der Waals surface area contributed by atoms with E-state index in [1.54, 1.807) is 24.3 Å². The number of methoxy groups -OCH3 is 2. The summed E-state index contributed by atoms with van der Waals surface area (Å²) in [6.45, 7) is 8.12. The fourth-order valence-electron chi connectivity index (χ4n) is 2.70. The molecule has 1 aliphatic rings. The number of hydrogen-bond donors (Lipinski definition) is 2. The van der Waals surface area contributed by atoms with E-state index in [0.29, 0.717) is 23.7 Å². The number of hydrogen-bond acceptors (Lipinski definition) is 6. The molecular formula is C19H24N2O6. The Bertz CT molecular complexity index is 718. The zero-order valence-electron chi connectivity index (χ0n) is 15.4. The van der Waals surface area contributed by atoms with E-state index in [2.05, 4.69) is 23.8 Å². The largest absolute Gasteiger partial charge is 0.493 e. The molecule has 1 saturated heterocycles. The number of carbonyl (C=O) groups excluding carboxylic acids is 2. The molecule has 0 unspecified atom stereocenters. The molecule has 27 heavy (non-hydrogen) atoms. The third-order valence-corrected chi connectivity index (χ3v) is 3.96. The zero-order valence-corrected chi connectivity index (χ0v) is 15.4. The molecule has 0 aromatic heterocycles. The third kappa shape index (κ3) is 5.01. The van der Waals surface area contributed by atoms with Crippen LogP contribution in [0.15, 0.2) is 43.1 Å². The number of ether oxygens (including phenoxy) is 4. The standard InChI is InChI=1S/C19H24N2O6/c1-5-8-26-14-7-6-13(11-15(14)25-4)17-16(12(2)20-19(23)21-17)18(22)27-10-9-24-3/h5-7,11,16-17H,1-2,8-10H2,3-4H3,(H2,20,21,23)/t16-,17+/m1/s1. The van der Waals surface area contributed by atoms with Gasteiger partial charge in [0.1, 0.15) is 19.1 Å². The fraction of sp³-hybridized carbons (Fsp3) is 0.368. The van der Waals surface area contributed by atoms with Crippen molar-refractivity contribution in [3.63, 3.8) is 0 Å². The summed E-state index contributed by atoms with van der Waals surface area (Å²) in [5, 5.41) is 5.27. The number of urea groups is 1. The van der Waals surface area contributed by atoms with Crippen LogP contribution >= 0.6 is 0 Å². The van der Waals surface area contributed by atoms with Crippen molar-refractivity contribution in [2.45, 2.75) is 6.04 Å². The zero-order chi connectivity index (χ0) is 19.8. The molecule has 2 rings (SSSR count). The second-order valence-corrected chi connectivity index (χ2v) is 5.75. The average molecular weight is 376 g/mol. The first-order chi connectivity index (χ1) is 13.0. The molecule has 1 aromatic rings. The predicted octanol–water partition coefficient (Wildman–Crippen LogP) is 1.93. The minimum atomic E-state index is -0.802. The van der Waals surface area contributed by atoms with Gasteiger partial charge in [-0.25, -0.2) is 4.79 Å². The summed E-state index contributed by atoms with van der Waals surface area (Å²) in [7, 11) is 3.02. The van der Waals surface area contributed by atoms with Crippen molar-refractivity contribution < 1.29 is 28.5 Å². The third-order valence-electron chi connectivity index (χ3n) is 3.96. The van der Waals surface area contributed by atoms with Crippen molar-refractivity contribution in [2.24, 2.45) is 5.92 Å². The molecule has 0 spiro atoms.